The van der Waals surface area contributed by atoms with E-state index in [0.717, 1.165) is 16.9 Å². The predicted octanol–water partition coefficient (Wildman–Crippen LogP) is 4.85. The largest absolute Gasteiger partial charge is 0.493 e. The van der Waals surface area contributed by atoms with Gasteiger partial charge < -0.3 is 9.47 Å². The molecule has 0 N–H and O–H groups in total. The fourth-order valence-electron chi connectivity index (χ4n) is 2.13. The molecule has 2 nitrogen and oxygen atoms in total. The van der Waals surface area contributed by atoms with Gasteiger partial charge in [0.05, 0.1) is 6.61 Å². The molecule has 2 rings (SSSR count). The first-order chi connectivity index (χ1) is 9.99. The lowest BCUT2D eigenvalue weighted by Gasteiger charge is -2.20. The van der Waals surface area contributed by atoms with Gasteiger partial charge in [0.15, 0.2) is 0 Å². The van der Waals surface area contributed by atoms with E-state index in [0.29, 0.717) is 6.61 Å². The molecule has 0 aliphatic carbocycles. The summed E-state index contributed by atoms with van der Waals surface area (Å²) in [5, 5.41) is 0. The molecule has 2 aromatic carbocycles. The van der Waals surface area contributed by atoms with Crippen molar-refractivity contribution in [2.75, 3.05) is 13.7 Å². The van der Waals surface area contributed by atoms with Crippen molar-refractivity contribution in [1.29, 1.82) is 0 Å². The zero-order valence-electron chi connectivity index (χ0n) is 13.3. The van der Waals surface area contributed by atoms with Crippen LogP contribution in [0.3, 0.4) is 0 Å². The lowest BCUT2D eigenvalue weighted by molar-refractivity contribution is 0.136. The molecular weight excluding hydrogens is 260 g/mol. The molecule has 0 aliphatic heterocycles. The summed E-state index contributed by atoms with van der Waals surface area (Å²) in [6.45, 7) is 7.20. The van der Waals surface area contributed by atoms with E-state index in [1.165, 1.54) is 0 Å². The van der Waals surface area contributed by atoms with Crippen LogP contribution in [0.25, 0.3) is 0 Å². The summed E-state index contributed by atoms with van der Waals surface area (Å²) in [6, 6.07) is 18.4. The number of hydrogen-bond donors (Lipinski definition) is 0. The SMILES string of the molecule is COC(c1ccccc1)c1ccc(OCC(C)(C)C)cc1. The smallest absolute Gasteiger partial charge is 0.119 e. The molecule has 21 heavy (non-hydrogen) atoms. The molecule has 2 heteroatoms. The molecule has 0 radical (unpaired) electrons. The Morgan fingerprint density at radius 1 is 0.857 bits per heavy atom. The molecule has 0 spiro atoms. The molecular formula is C19H24O2. The molecule has 1 atom stereocenters. The number of benzene rings is 2. The van der Waals surface area contributed by atoms with Gasteiger partial charge in [0.2, 0.25) is 0 Å². The molecule has 0 aliphatic rings. The van der Waals surface area contributed by atoms with Crippen molar-refractivity contribution in [3.05, 3.63) is 65.7 Å². The first-order valence-corrected chi connectivity index (χ1v) is 7.30. The average molecular weight is 284 g/mol. The number of ether oxygens (including phenoxy) is 2. The second kappa shape index (κ2) is 6.77. The zero-order valence-corrected chi connectivity index (χ0v) is 13.3. The molecule has 0 saturated heterocycles. The fourth-order valence-corrected chi connectivity index (χ4v) is 2.13. The number of rotatable bonds is 5. The van der Waals surface area contributed by atoms with E-state index in [4.69, 9.17) is 9.47 Å². The van der Waals surface area contributed by atoms with Crippen LogP contribution in [-0.2, 0) is 4.74 Å². The Morgan fingerprint density at radius 3 is 1.95 bits per heavy atom. The molecule has 0 fully saturated rings. The van der Waals surface area contributed by atoms with Crippen LogP contribution < -0.4 is 4.74 Å². The van der Waals surface area contributed by atoms with Gasteiger partial charge in [0.1, 0.15) is 11.9 Å². The third kappa shape index (κ3) is 4.61. The van der Waals surface area contributed by atoms with Crippen LogP contribution in [0.4, 0.5) is 0 Å². The number of methoxy groups -OCH3 is 1. The lowest BCUT2D eigenvalue weighted by Crippen LogP contribution is -2.16. The Balaban J connectivity index is 2.10. The van der Waals surface area contributed by atoms with Gasteiger partial charge >= 0.3 is 0 Å². The first kappa shape index (κ1) is 15.6. The van der Waals surface area contributed by atoms with Gasteiger partial charge in [-0.25, -0.2) is 0 Å². The minimum atomic E-state index is -0.0390. The van der Waals surface area contributed by atoms with E-state index in [-0.39, 0.29) is 11.5 Å². The highest BCUT2D eigenvalue weighted by Gasteiger charge is 2.14. The topological polar surface area (TPSA) is 18.5 Å². The van der Waals surface area contributed by atoms with Crippen LogP contribution in [0, 0.1) is 5.41 Å². The van der Waals surface area contributed by atoms with Crippen LogP contribution in [-0.4, -0.2) is 13.7 Å². The Kier molecular flexibility index (Phi) is 5.03. The number of hydrogen-bond acceptors (Lipinski definition) is 2. The highest BCUT2D eigenvalue weighted by molar-refractivity contribution is 5.34. The fraction of sp³-hybridized carbons (Fsp3) is 0.368. The second-order valence-corrected chi connectivity index (χ2v) is 6.44. The van der Waals surface area contributed by atoms with Crippen LogP contribution in [0.15, 0.2) is 54.6 Å². The Labute approximate surface area is 127 Å². The van der Waals surface area contributed by atoms with Crippen LogP contribution in [0.1, 0.15) is 38.0 Å². The highest BCUT2D eigenvalue weighted by atomic mass is 16.5. The second-order valence-electron chi connectivity index (χ2n) is 6.44. The summed E-state index contributed by atoms with van der Waals surface area (Å²) < 4.78 is 11.4. The van der Waals surface area contributed by atoms with Crippen LogP contribution in [0.2, 0.25) is 0 Å². The molecule has 1 unspecified atom stereocenters. The Bertz CT molecular complexity index is 538. The molecule has 112 valence electrons. The predicted molar refractivity (Wildman–Crippen MR) is 86.7 cm³/mol. The molecule has 2 aromatic rings. The highest BCUT2D eigenvalue weighted by Crippen LogP contribution is 2.27. The monoisotopic (exact) mass is 284 g/mol. The van der Waals surface area contributed by atoms with Gasteiger partial charge in [-0.1, -0.05) is 63.2 Å². The van der Waals surface area contributed by atoms with Crippen molar-refractivity contribution >= 4 is 0 Å². The van der Waals surface area contributed by atoms with Crippen molar-refractivity contribution in [1.82, 2.24) is 0 Å². The van der Waals surface area contributed by atoms with E-state index in [9.17, 15) is 0 Å². The van der Waals surface area contributed by atoms with E-state index in [2.05, 4.69) is 45.0 Å². The minimum Gasteiger partial charge on any atom is -0.493 e. The third-order valence-electron chi connectivity index (χ3n) is 3.19. The summed E-state index contributed by atoms with van der Waals surface area (Å²) in [7, 11) is 1.74. The maximum atomic E-state index is 5.80. The maximum Gasteiger partial charge on any atom is 0.119 e. The Morgan fingerprint density at radius 2 is 1.43 bits per heavy atom. The van der Waals surface area contributed by atoms with Gasteiger partial charge in [-0.05, 0) is 28.7 Å². The summed E-state index contributed by atoms with van der Waals surface area (Å²) in [4.78, 5) is 0. The summed E-state index contributed by atoms with van der Waals surface area (Å²) in [5.74, 6) is 0.900. The quantitative estimate of drug-likeness (QED) is 0.781. The normalized spacial score (nSPS) is 13.0. The van der Waals surface area contributed by atoms with Crippen LogP contribution >= 0.6 is 0 Å². The summed E-state index contributed by atoms with van der Waals surface area (Å²) in [5.41, 5.74) is 2.45. The zero-order chi connectivity index (χ0) is 15.3. The van der Waals surface area contributed by atoms with E-state index in [1.807, 2.05) is 30.3 Å². The van der Waals surface area contributed by atoms with Gasteiger partial charge in [-0.15, -0.1) is 0 Å². The standard InChI is InChI=1S/C19H24O2/c1-19(2,3)14-21-17-12-10-16(11-13-17)18(20-4)15-8-6-5-7-9-15/h5-13,18H,14H2,1-4H3. The van der Waals surface area contributed by atoms with Crippen LogP contribution in [0.5, 0.6) is 5.75 Å². The van der Waals surface area contributed by atoms with Crippen molar-refractivity contribution in [2.45, 2.75) is 26.9 Å². The molecule has 0 amide bonds. The minimum absolute atomic E-state index is 0.0390. The van der Waals surface area contributed by atoms with Crippen molar-refractivity contribution in [3.8, 4) is 5.75 Å². The van der Waals surface area contributed by atoms with E-state index >= 15 is 0 Å². The molecule has 0 aromatic heterocycles. The van der Waals surface area contributed by atoms with Gasteiger partial charge in [-0.3, -0.25) is 0 Å². The van der Waals surface area contributed by atoms with Crippen molar-refractivity contribution in [3.63, 3.8) is 0 Å². The molecule has 0 heterocycles. The first-order valence-electron chi connectivity index (χ1n) is 7.30. The van der Waals surface area contributed by atoms with Crippen molar-refractivity contribution < 1.29 is 9.47 Å². The molecule has 0 bridgehead atoms. The van der Waals surface area contributed by atoms with Gasteiger partial charge in [0, 0.05) is 7.11 Å². The average Bonchev–Trinajstić information content (AvgIpc) is 2.47. The summed E-state index contributed by atoms with van der Waals surface area (Å²) in [6.07, 6.45) is -0.0390. The van der Waals surface area contributed by atoms with E-state index in [1.54, 1.807) is 7.11 Å². The maximum absolute atomic E-state index is 5.80. The summed E-state index contributed by atoms with van der Waals surface area (Å²) >= 11 is 0. The molecule has 0 saturated carbocycles. The van der Waals surface area contributed by atoms with E-state index < -0.39 is 0 Å². The lowest BCUT2D eigenvalue weighted by atomic mass is 9.98. The van der Waals surface area contributed by atoms with Crippen molar-refractivity contribution in [2.24, 2.45) is 5.41 Å². The Hall–Kier alpha value is -1.80. The van der Waals surface area contributed by atoms with Gasteiger partial charge in [-0.2, -0.15) is 0 Å². The van der Waals surface area contributed by atoms with Gasteiger partial charge in [0.25, 0.3) is 0 Å². The third-order valence-corrected chi connectivity index (χ3v) is 3.19.